The Morgan fingerprint density at radius 3 is 2.29 bits per heavy atom. The predicted molar refractivity (Wildman–Crippen MR) is 74.7 cm³/mol. The van der Waals surface area contributed by atoms with E-state index in [4.69, 9.17) is 19.7 Å². The number of hydrogen-bond donors (Lipinski definition) is 4. The topological polar surface area (TPSA) is 103 Å². The summed E-state index contributed by atoms with van der Waals surface area (Å²) in [5.41, 5.74) is 1.29. The summed E-state index contributed by atoms with van der Waals surface area (Å²) in [5, 5.41) is 36.0. The highest BCUT2D eigenvalue weighted by atomic mass is 16.8. The Kier molecular flexibility index (Phi) is 5.55. The van der Waals surface area contributed by atoms with Crippen LogP contribution in [0.2, 0.25) is 0 Å². The summed E-state index contributed by atoms with van der Waals surface area (Å²) >= 11 is 0. The Morgan fingerprint density at radius 1 is 1.05 bits per heavy atom. The van der Waals surface area contributed by atoms with Crippen molar-refractivity contribution in [2.45, 2.75) is 50.5 Å². The molecule has 2 heterocycles. The molecule has 0 aliphatic carbocycles. The average molecular weight is 298 g/mol. The summed E-state index contributed by atoms with van der Waals surface area (Å²) < 4.78 is 9.86. The van der Waals surface area contributed by atoms with Crippen LogP contribution in [-0.2, 0) is 15.9 Å². The molecule has 2 saturated heterocycles. The molecule has 4 N–H and O–H groups in total. The van der Waals surface area contributed by atoms with Crippen LogP contribution in [0.15, 0.2) is 24.3 Å². The van der Waals surface area contributed by atoms with Crippen molar-refractivity contribution in [2.24, 2.45) is 0 Å². The lowest BCUT2D eigenvalue weighted by atomic mass is 10.0. The Balaban J connectivity index is 0.000000155. The molecule has 21 heavy (non-hydrogen) atoms. The summed E-state index contributed by atoms with van der Waals surface area (Å²) in [6.07, 6.45) is -1.24. The smallest absolute Gasteiger partial charge is 0.187 e. The van der Waals surface area contributed by atoms with Gasteiger partial charge in [0.2, 0.25) is 0 Å². The van der Waals surface area contributed by atoms with Crippen LogP contribution >= 0.6 is 0 Å². The van der Waals surface area contributed by atoms with Gasteiger partial charge in [0.25, 0.3) is 0 Å². The number of aromatic hydroxyl groups is 1. The van der Waals surface area contributed by atoms with Gasteiger partial charge in [0, 0.05) is 0 Å². The first-order valence-electron chi connectivity index (χ1n) is 7.12. The molecular formula is C15H22O6. The van der Waals surface area contributed by atoms with E-state index in [0.29, 0.717) is 5.75 Å². The molecule has 2 aliphatic heterocycles. The second-order valence-corrected chi connectivity index (χ2v) is 5.22. The fraction of sp³-hybridized carbons (Fsp3) is 0.600. The van der Waals surface area contributed by atoms with Gasteiger partial charge in [-0.25, -0.2) is 0 Å². The average Bonchev–Trinajstić information content (AvgIpc) is 3.26. The van der Waals surface area contributed by atoms with Gasteiger partial charge in [0.1, 0.15) is 30.2 Å². The molecule has 0 radical (unpaired) electrons. The van der Waals surface area contributed by atoms with Crippen LogP contribution in [0.5, 0.6) is 5.75 Å². The summed E-state index contributed by atoms with van der Waals surface area (Å²) in [6.45, 7) is 1.84. The molecule has 2 aliphatic rings. The molecule has 0 amide bonds. The first kappa shape index (κ1) is 16.2. The minimum atomic E-state index is -1.04. The van der Waals surface area contributed by atoms with Crippen molar-refractivity contribution in [3.63, 3.8) is 0 Å². The molecule has 6 nitrogen and oxygen atoms in total. The largest absolute Gasteiger partial charge is 0.508 e. The van der Waals surface area contributed by atoms with Crippen molar-refractivity contribution in [3.8, 4) is 5.75 Å². The van der Waals surface area contributed by atoms with Crippen LogP contribution in [0.3, 0.4) is 0 Å². The number of rotatable bonds is 3. The quantitative estimate of drug-likeness (QED) is 0.593. The highest BCUT2D eigenvalue weighted by Crippen LogP contribution is 2.35. The van der Waals surface area contributed by atoms with Crippen molar-refractivity contribution in [1.82, 2.24) is 0 Å². The molecular weight excluding hydrogens is 276 g/mol. The zero-order chi connectivity index (χ0) is 15.4. The van der Waals surface area contributed by atoms with E-state index >= 15 is 0 Å². The highest BCUT2D eigenvalue weighted by Gasteiger charge is 2.55. The van der Waals surface area contributed by atoms with Crippen molar-refractivity contribution >= 4 is 0 Å². The number of aliphatic hydroxyl groups excluding tert-OH is 3. The van der Waals surface area contributed by atoms with E-state index < -0.39 is 30.7 Å². The van der Waals surface area contributed by atoms with E-state index in [1.165, 1.54) is 5.56 Å². The Bertz CT molecular complexity index is 434. The Labute approximate surface area is 123 Å². The molecule has 0 saturated carbocycles. The summed E-state index contributed by atoms with van der Waals surface area (Å²) in [4.78, 5) is 0. The first-order chi connectivity index (χ1) is 10.1. The minimum Gasteiger partial charge on any atom is -0.508 e. The van der Waals surface area contributed by atoms with E-state index in [0.717, 1.165) is 12.8 Å². The summed E-state index contributed by atoms with van der Waals surface area (Å²) in [7, 11) is 0. The van der Waals surface area contributed by atoms with E-state index in [-0.39, 0.29) is 6.61 Å². The van der Waals surface area contributed by atoms with Gasteiger partial charge in [-0.3, -0.25) is 0 Å². The standard InChI is InChI=1S/C9H12O.C6H10O5/c1-2-3-8-4-6-9(10)7-5-8;7-1-2-3(8)4(9)5-6(10-2)11-5/h4-7,10H,2-3H2,1H3;2-9H,1H2. The fourth-order valence-electron chi connectivity index (χ4n) is 2.23. The normalized spacial score (nSPS) is 33.6. The fourth-order valence-corrected chi connectivity index (χ4v) is 2.23. The Hall–Kier alpha value is -1.18. The number of ether oxygens (including phenoxy) is 2. The molecule has 3 rings (SSSR count). The van der Waals surface area contributed by atoms with Gasteiger partial charge in [-0.2, -0.15) is 0 Å². The second kappa shape index (κ2) is 7.20. The van der Waals surface area contributed by atoms with Gasteiger partial charge in [0.15, 0.2) is 6.29 Å². The monoisotopic (exact) mass is 298 g/mol. The van der Waals surface area contributed by atoms with Gasteiger partial charge in [-0.1, -0.05) is 25.5 Å². The number of phenolic OH excluding ortho intramolecular Hbond substituents is 1. The van der Waals surface area contributed by atoms with Crippen LogP contribution in [0.4, 0.5) is 0 Å². The Morgan fingerprint density at radius 2 is 1.71 bits per heavy atom. The molecule has 0 bridgehead atoms. The third kappa shape index (κ3) is 4.15. The molecule has 118 valence electrons. The minimum absolute atomic E-state index is 0.301. The maximum Gasteiger partial charge on any atom is 0.187 e. The molecule has 5 unspecified atom stereocenters. The number of epoxide rings is 1. The lowest BCUT2D eigenvalue weighted by molar-refractivity contribution is -0.144. The summed E-state index contributed by atoms with van der Waals surface area (Å²) in [6, 6.07) is 7.37. The predicted octanol–water partition coefficient (Wildman–Crippen LogP) is 0.169. The lowest BCUT2D eigenvalue weighted by Gasteiger charge is -2.27. The zero-order valence-electron chi connectivity index (χ0n) is 11.9. The highest BCUT2D eigenvalue weighted by molar-refractivity contribution is 5.25. The molecule has 0 spiro atoms. The molecule has 6 heteroatoms. The molecule has 1 aromatic rings. The second-order valence-electron chi connectivity index (χ2n) is 5.22. The number of fused-ring (bicyclic) bond motifs is 1. The number of phenols is 1. The van der Waals surface area contributed by atoms with Gasteiger partial charge in [-0.15, -0.1) is 0 Å². The third-order valence-electron chi connectivity index (χ3n) is 3.51. The molecule has 5 atom stereocenters. The van der Waals surface area contributed by atoms with Gasteiger partial charge in [0.05, 0.1) is 6.61 Å². The number of benzene rings is 1. The molecule has 2 fully saturated rings. The summed E-state index contributed by atoms with van der Waals surface area (Å²) in [5.74, 6) is 0.347. The van der Waals surface area contributed by atoms with Crippen LogP contribution < -0.4 is 0 Å². The number of aryl methyl sites for hydroxylation is 1. The third-order valence-corrected chi connectivity index (χ3v) is 3.51. The van der Waals surface area contributed by atoms with E-state index in [1.54, 1.807) is 12.1 Å². The van der Waals surface area contributed by atoms with Crippen LogP contribution in [0.25, 0.3) is 0 Å². The maximum absolute atomic E-state index is 9.22. The lowest BCUT2D eigenvalue weighted by Crippen LogP contribution is -2.48. The van der Waals surface area contributed by atoms with Crippen LogP contribution in [0.1, 0.15) is 18.9 Å². The maximum atomic E-state index is 9.22. The molecule has 1 aromatic carbocycles. The van der Waals surface area contributed by atoms with Crippen LogP contribution in [-0.4, -0.2) is 57.7 Å². The zero-order valence-corrected chi connectivity index (χ0v) is 11.9. The van der Waals surface area contributed by atoms with Gasteiger partial charge >= 0.3 is 0 Å². The number of aliphatic hydroxyl groups is 3. The van der Waals surface area contributed by atoms with Crippen molar-refractivity contribution in [3.05, 3.63) is 29.8 Å². The van der Waals surface area contributed by atoms with Crippen molar-refractivity contribution in [2.75, 3.05) is 6.61 Å². The van der Waals surface area contributed by atoms with Gasteiger partial charge in [-0.05, 0) is 24.1 Å². The van der Waals surface area contributed by atoms with Gasteiger partial charge < -0.3 is 29.9 Å². The van der Waals surface area contributed by atoms with E-state index in [1.807, 2.05) is 12.1 Å². The van der Waals surface area contributed by atoms with Crippen molar-refractivity contribution < 1.29 is 29.9 Å². The first-order valence-corrected chi connectivity index (χ1v) is 7.12. The van der Waals surface area contributed by atoms with E-state index in [2.05, 4.69) is 6.92 Å². The molecule has 0 aromatic heterocycles. The SMILES string of the molecule is CCCc1ccc(O)cc1.OCC1OC2OC2C(O)C1O. The van der Waals surface area contributed by atoms with Crippen LogP contribution in [0, 0.1) is 0 Å². The number of hydrogen-bond acceptors (Lipinski definition) is 6. The van der Waals surface area contributed by atoms with Crippen molar-refractivity contribution in [1.29, 1.82) is 0 Å². The van der Waals surface area contributed by atoms with E-state index in [9.17, 15) is 10.2 Å².